The number of carboxylic acid groups (broad SMARTS) is 1. The summed E-state index contributed by atoms with van der Waals surface area (Å²) in [4.78, 5) is 24.7. The summed E-state index contributed by atoms with van der Waals surface area (Å²) >= 11 is 0. The standard InChI is InChI=1S/C15H20N2O4/c1-17(12-5-3-4-6-13(12)21-2)15(20)16-11-8-7-10(9-11)14(18)19/h3-6,10-11H,7-9H2,1-2H3,(H,16,20)(H,18,19)/t10-,11+/m1/s1. The third-order valence-electron chi connectivity index (χ3n) is 3.86. The molecule has 0 aromatic heterocycles. The zero-order valence-electron chi connectivity index (χ0n) is 12.2. The zero-order valence-corrected chi connectivity index (χ0v) is 12.2. The first-order chi connectivity index (χ1) is 10.0. The Morgan fingerprint density at radius 2 is 2.05 bits per heavy atom. The Bertz CT molecular complexity index is 532. The van der Waals surface area contributed by atoms with Gasteiger partial charge in [0.15, 0.2) is 0 Å². The lowest BCUT2D eigenvalue weighted by atomic mass is 10.1. The van der Waals surface area contributed by atoms with Crippen LogP contribution >= 0.6 is 0 Å². The van der Waals surface area contributed by atoms with Gasteiger partial charge in [-0.25, -0.2) is 4.79 Å². The monoisotopic (exact) mass is 292 g/mol. The molecule has 0 unspecified atom stereocenters. The number of carboxylic acids is 1. The number of hydrogen-bond acceptors (Lipinski definition) is 3. The third-order valence-corrected chi connectivity index (χ3v) is 3.86. The van der Waals surface area contributed by atoms with Gasteiger partial charge in [0.25, 0.3) is 0 Å². The number of aliphatic carboxylic acids is 1. The van der Waals surface area contributed by atoms with Gasteiger partial charge in [-0.05, 0) is 31.4 Å². The van der Waals surface area contributed by atoms with Gasteiger partial charge in [0.1, 0.15) is 5.75 Å². The predicted octanol–water partition coefficient (Wildman–Crippen LogP) is 2.09. The van der Waals surface area contributed by atoms with Gasteiger partial charge in [-0.1, -0.05) is 12.1 Å². The maximum atomic E-state index is 12.3. The fourth-order valence-corrected chi connectivity index (χ4v) is 2.62. The molecule has 0 saturated heterocycles. The third kappa shape index (κ3) is 3.45. The average molecular weight is 292 g/mol. The van der Waals surface area contributed by atoms with Crippen molar-refractivity contribution in [2.75, 3.05) is 19.1 Å². The van der Waals surface area contributed by atoms with E-state index in [1.165, 1.54) is 4.90 Å². The van der Waals surface area contributed by atoms with Gasteiger partial charge in [-0.15, -0.1) is 0 Å². The van der Waals surface area contributed by atoms with Gasteiger partial charge in [0.2, 0.25) is 0 Å². The number of ether oxygens (including phenoxy) is 1. The molecule has 1 saturated carbocycles. The molecule has 6 heteroatoms. The van der Waals surface area contributed by atoms with Gasteiger partial charge in [-0.2, -0.15) is 0 Å². The number of anilines is 1. The molecule has 1 fully saturated rings. The van der Waals surface area contributed by atoms with Crippen LogP contribution in [0.1, 0.15) is 19.3 Å². The number of amides is 2. The van der Waals surface area contributed by atoms with E-state index in [1.54, 1.807) is 26.3 Å². The quantitative estimate of drug-likeness (QED) is 0.890. The molecule has 6 nitrogen and oxygen atoms in total. The van der Waals surface area contributed by atoms with Crippen molar-refractivity contribution in [1.82, 2.24) is 5.32 Å². The topological polar surface area (TPSA) is 78.9 Å². The Hall–Kier alpha value is -2.24. The number of nitrogens with zero attached hydrogens (tertiary/aromatic N) is 1. The van der Waals surface area contributed by atoms with Gasteiger partial charge >= 0.3 is 12.0 Å². The molecule has 0 spiro atoms. The summed E-state index contributed by atoms with van der Waals surface area (Å²) in [6, 6.07) is 6.91. The zero-order chi connectivity index (χ0) is 15.4. The minimum atomic E-state index is -0.787. The molecule has 1 aromatic carbocycles. The number of benzene rings is 1. The minimum Gasteiger partial charge on any atom is -0.495 e. The molecule has 1 aromatic rings. The lowest BCUT2D eigenvalue weighted by Crippen LogP contribution is -2.42. The lowest BCUT2D eigenvalue weighted by molar-refractivity contribution is -0.141. The van der Waals surface area contributed by atoms with E-state index in [2.05, 4.69) is 5.32 Å². The highest BCUT2D eigenvalue weighted by atomic mass is 16.5. The molecule has 2 atom stereocenters. The largest absolute Gasteiger partial charge is 0.495 e. The van der Waals surface area contributed by atoms with E-state index in [9.17, 15) is 9.59 Å². The molecule has 21 heavy (non-hydrogen) atoms. The Kier molecular flexibility index (Phi) is 4.67. The van der Waals surface area contributed by atoms with Gasteiger partial charge in [-0.3, -0.25) is 9.69 Å². The van der Waals surface area contributed by atoms with Crippen LogP contribution in [0, 0.1) is 5.92 Å². The molecule has 0 aliphatic heterocycles. The molecular weight excluding hydrogens is 272 g/mol. The molecule has 2 amide bonds. The molecule has 0 radical (unpaired) electrons. The van der Waals surface area contributed by atoms with Gasteiger partial charge < -0.3 is 15.2 Å². The summed E-state index contributed by atoms with van der Waals surface area (Å²) < 4.78 is 5.24. The molecule has 0 heterocycles. The van der Waals surface area contributed by atoms with Crippen LogP contribution in [0.4, 0.5) is 10.5 Å². The fourth-order valence-electron chi connectivity index (χ4n) is 2.62. The van der Waals surface area contributed by atoms with Crippen molar-refractivity contribution < 1.29 is 19.4 Å². The van der Waals surface area contributed by atoms with Crippen LogP contribution in [0.3, 0.4) is 0 Å². The normalized spacial score (nSPS) is 20.9. The number of carbonyl (C=O) groups is 2. The molecule has 2 rings (SSSR count). The Morgan fingerprint density at radius 3 is 2.67 bits per heavy atom. The Morgan fingerprint density at radius 1 is 1.33 bits per heavy atom. The fraction of sp³-hybridized carbons (Fsp3) is 0.467. The Labute approximate surface area is 123 Å². The average Bonchev–Trinajstić information content (AvgIpc) is 2.95. The summed E-state index contributed by atoms with van der Waals surface area (Å²) in [7, 11) is 3.22. The van der Waals surface area contributed by atoms with Crippen molar-refractivity contribution in [2.45, 2.75) is 25.3 Å². The highest BCUT2D eigenvalue weighted by molar-refractivity contribution is 5.93. The smallest absolute Gasteiger partial charge is 0.321 e. The second-order valence-corrected chi connectivity index (χ2v) is 5.23. The van der Waals surface area contributed by atoms with E-state index in [0.717, 1.165) is 0 Å². The maximum Gasteiger partial charge on any atom is 0.321 e. The van der Waals surface area contributed by atoms with Crippen molar-refractivity contribution in [3.63, 3.8) is 0 Å². The van der Waals surface area contributed by atoms with E-state index < -0.39 is 5.97 Å². The van der Waals surface area contributed by atoms with E-state index in [1.807, 2.05) is 12.1 Å². The minimum absolute atomic E-state index is 0.0873. The van der Waals surface area contributed by atoms with Crippen LogP contribution in [-0.4, -0.2) is 37.3 Å². The maximum absolute atomic E-state index is 12.3. The Balaban J connectivity index is 1.99. The molecule has 1 aliphatic carbocycles. The van der Waals surface area contributed by atoms with E-state index in [-0.39, 0.29) is 18.0 Å². The highest BCUT2D eigenvalue weighted by Crippen LogP contribution is 2.28. The lowest BCUT2D eigenvalue weighted by Gasteiger charge is -2.22. The van der Waals surface area contributed by atoms with Gasteiger partial charge in [0, 0.05) is 13.1 Å². The second-order valence-electron chi connectivity index (χ2n) is 5.23. The molecule has 0 bridgehead atoms. The number of nitrogens with one attached hydrogen (secondary N) is 1. The van der Waals surface area contributed by atoms with Gasteiger partial charge in [0.05, 0.1) is 18.7 Å². The first kappa shape index (κ1) is 15.2. The van der Waals surface area contributed by atoms with Crippen LogP contribution in [-0.2, 0) is 4.79 Å². The number of hydrogen-bond donors (Lipinski definition) is 2. The van der Waals surface area contributed by atoms with Crippen LogP contribution < -0.4 is 15.0 Å². The number of para-hydroxylation sites is 2. The van der Waals surface area contributed by atoms with Crippen LogP contribution in [0.5, 0.6) is 5.75 Å². The highest BCUT2D eigenvalue weighted by Gasteiger charge is 2.31. The molecular formula is C15H20N2O4. The van der Waals surface area contributed by atoms with Crippen molar-refractivity contribution in [2.24, 2.45) is 5.92 Å². The summed E-state index contributed by atoms with van der Waals surface area (Å²) in [5, 5.41) is 11.9. The SMILES string of the molecule is COc1ccccc1N(C)C(=O)N[C@H]1CC[C@@H](C(=O)O)C1. The predicted molar refractivity (Wildman–Crippen MR) is 78.7 cm³/mol. The number of methoxy groups -OCH3 is 1. The summed E-state index contributed by atoms with van der Waals surface area (Å²) in [6.07, 6.45) is 1.79. The van der Waals surface area contributed by atoms with E-state index >= 15 is 0 Å². The first-order valence-electron chi connectivity index (χ1n) is 6.93. The summed E-state index contributed by atoms with van der Waals surface area (Å²) in [5.41, 5.74) is 0.672. The second kappa shape index (κ2) is 6.47. The molecule has 2 N–H and O–H groups in total. The van der Waals surface area contributed by atoms with Crippen LogP contribution in [0.25, 0.3) is 0 Å². The van der Waals surface area contributed by atoms with Crippen molar-refractivity contribution in [3.05, 3.63) is 24.3 Å². The van der Waals surface area contributed by atoms with Crippen molar-refractivity contribution >= 4 is 17.7 Å². The number of rotatable bonds is 4. The van der Waals surface area contributed by atoms with E-state index in [4.69, 9.17) is 9.84 Å². The van der Waals surface area contributed by atoms with Crippen molar-refractivity contribution in [1.29, 1.82) is 0 Å². The summed E-state index contributed by atoms with van der Waals surface area (Å²) in [5.74, 6) is -0.526. The number of urea groups is 1. The number of carbonyl (C=O) groups excluding carboxylic acids is 1. The van der Waals surface area contributed by atoms with Crippen LogP contribution in [0.15, 0.2) is 24.3 Å². The molecule has 1 aliphatic rings. The van der Waals surface area contributed by atoms with Crippen molar-refractivity contribution in [3.8, 4) is 5.75 Å². The summed E-state index contributed by atoms with van der Waals surface area (Å²) in [6.45, 7) is 0. The van der Waals surface area contributed by atoms with E-state index in [0.29, 0.717) is 30.7 Å². The van der Waals surface area contributed by atoms with Crippen LogP contribution in [0.2, 0.25) is 0 Å². The molecule has 114 valence electrons. The first-order valence-corrected chi connectivity index (χ1v) is 6.93.